The lowest BCUT2D eigenvalue weighted by Crippen LogP contribution is -2.02. The second-order valence-electron chi connectivity index (χ2n) is 5.08. The number of benzene rings is 1. The molecule has 0 saturated carbocycles. The molecule has 0 bridgehead atoms. The van der Waals surface area contributed by atoms with E-state index in [-0.39, 0.29) is 5.92 Å². The number of para-hydroxylation sites is 2. The van der Waals surface area contributed by atoms with Crippen LogP contribution in [0.3, 0.4) is 0 Å². The molecular weight excluding hydrogens is 284 g/mol. The Balaban J connectivity index is 2.35. The van der Waals surface area contributed by atoms with Gasteiger partial charge in [0.15, 0.2) is 0 Å². The highest BCUT2D eigenvalue weighted by atomic mass is 32.1. The third kappa shape index (κ3) is 2.21. The van der Waals surface area contributed by atoms with Gasteiger partial charge in [-0.2, -0.15) is 10.2 Å². The van der Waals surface area contributed by atoms with Crippen molar-refractivity contribution in [3.8, 4) is 11.4 Å². The molecule has 21 heavy (non-hydrogen) atoms. The van der Waals surface area contributed by atoms with Gasteiger partial charge >= 0.3 is 0 Å². The molecule has 0 aliphatic heterocycles. The van der Waals surface area contributed by atoms with Crippen molar-refractivity contribution in [2.75, 3.05) is 7.11 Å². The minimum absolute atomic E-state index is 0.287. The number of hydrogen-bond acceptors (Lipinski definition) is 4. The summed E-state index contributed by atoms with van der Waals surface area (Å²) in [6.07, 6.45) is 1.81. The van der Waals surface area contributed by atoms with Crippen molar-refractivity contribution in [3.05, 3.63) is 40.8 Å². The fraction of sp³-hybridized carbons (Fsp3) is 0.267. The number of H-pyrrole nitrogens is 1. The second kappa shape index (κ2) is 5.29. The molecule has 0 fully saturated rings. The zero-order chi connectivity index (χ0) is 15.0. The summed E-state index contributed by atoms with van der Waals surface area (Å²) < 4.78 is 7.79. The van der Waals surface area contributed by atoms with Gasteiger partial charge in [0.1, 0.15) is 21.6 Å². The number of aromatic nitrogens is 4. The van der Waals surface area contributed by atoms with E-state index in [1.165, 1.54) is 0 Å². The molecule has 0 amide bonds. The van der Waals surface area contributed by atoms with Crippen LogP contribution in [0.25, 0.3) is 16.6 Å². The highest BCUT2D eigenvalue weighted by Gasteiger charge is 2.16. The standard InChI is InChI=1S/C15H16N4OS/c1-9(2)13-10-8-16-19(14(10)15(21)18-17-13)11-6-4-5-7-12(11)20-3/h4-9H,1-3H3,(H,18,21). The van der Waals surface area contributed by atoms with Gasteiger partial charge in [-0.1, -0.05) is 38.2 Å². The smallest absolute Gasteiger partial charge is 0.146 e. The summed E-state index contributed by atoms with van der Waals surface area (Å²) in [6, 6.07) is 7.73. The van der Waals surface area contributed by atoms with Gasteiger partial charge in [-0.3, -0.25) is 5.10 Å². The summed E-state index contributed by atoms with van der Waals surface area (Å²) in [5.74, 6) is 1.04. The lowest BCUT2D eigenvalue weighted by atomic mass is 10.1. The molecule has 0 atom stereocenters. The van der Waals surface area contributed by atoms with E-state index in [0.717, 1.165) is 28.0 Å². The zero-order valence-corrected chi connectivity index (χ0v) is 12.9. The summed E-state index contributed by atoms with van der Waals surface area (Å²) >= 11 is 5.40. The molecule has 1 N–H and O–H groups in total. The fourth-order valence-corrected chi connectivity index (χ4v) is 2.65. The average molecular weight is 300 g/mol. The normalized spacial score (nSPS) is 11.2. The van der Waals surface area contributed by atoms with Crippen LogP contribution in [0, 0.1) is 4.64 Å². The van der Waals surface area contributed by atoms with Crippen LogP contribution in [0.1, 0.15) is 25.5 Å². The van der Waals surface area contributed by atoms with Crippen molar-refractivity contribution < 1.29 is 4.74 Å². The lowest BCUT2D eigenvalue weighted by Gasteiger charge is -2.10. The Bertz CT molecular complexity index is 850. The second-order valence-corrected chi connectivity index (χ2v) is 5.49. The average Bonchev–Trinajstić information content (AvgIpc) is 2.92. The fourth-order valence-electron chi connectivity index (χ4n) is 2.41. The quantitative estimate of drug-likeness (QED) is 0.751. The number of methoxy groups -OCH3 is 1. The molecule has 2 heterocycles. The van der Waals surface area contributed by atoms with E-state index >= 15 is 0 Å². The summed E-state index contributed by atoms with van der Waals surface area (Å²) in [6.45, 7) is 4.19. The Kier molecular flexibility index (Phi) is 3.47. The Labute approximate surface area is 127 Å². The maximum absolute atomic E-state index is 5.41. The van der Waals surface area contributed by atoms with Crippen molar-refractivity contribution >= 4 is 23.1 Å². The number of ether oxygens (including phenoxy) is 1. The van der Waals surface area contributed by atoms with Crippen LogP contribution >= 0.6 is 12.2 Å². The Morgan fingerprint density at radius 3 is 2.76 bits per heavy atom. The van der Waals surface area contributed by atoms with Crippen LogP contribution in [-0.2, 0) is 0 Å². The molecule has 0 aliphatic carbocycles. The first-order chi connectivity index (χ1) is 10.1. The first-order valence-electron chi connectivity index (χ1n) is 6.73. The van der Waals surface area contributed by atoms with Crippen molar-refractivity contribution in [3.63, 3.8) is 0 Å². The topological polar surface area (TPSA) is 55.7 Å². The van der Waals surface area contributed by atoms with Gasteiger partial charge in [-0.05, 0) is 18.1 Å². The molecular formula is C15H16N4OS. The molecule has 5 nitrogen and oxygen atoms in total. The maximum Gasteiger partial charge on any atom is 0.146 e. The Hall–Kier alpha value is -2.21. The summed E-state index contributed by atoms with van der Waals surface area (Å²) in [7, 11) is 1.65. The lowest BCUT2D eigenvalue weighted by molar-refractivity contribution is 0.412. The van der Waals surface area contributed by atoms with Crippen LogP contribution in [0.4, 0.5) is 0 Å². The first-order valence-corrected chi connectivity index (χ1v) is 7.14. The van der Waals surface area contributed by atoms with E-state index in [2.05, 4.69) is 29.1 Å². The van der Waals surface area contributed by atoms with Crippen LogP contribution in [-0.4, -0.2) is 27.1 Å². The molecule has 6 heteroatoms. The number of hydrogen-bond donors (Lipinski definition) is 1. The molecule has 0 aliphatic rings. The van der Waals surface area contributed by atoms with Gasteiger partial charge in [0.2, 0.25) is 0 Å². The monoisotopic (exact) mass is 300 g/mol. The van der Waals surface area contributed by atoms with Gasteiger partial charge in [-0.25, -0.2) is 4.68 Å². The van der Waals surface area contributed by atoms with Crippen molar-refractivity contribution in [2.45, 2.75) is 19.8 Å². The highest BCUT2D eigenvalue weighted by Crippen LogP contribution is 2.28. The number of nitrogens with one attached hydrogen (secondary N) is 1. The summed E-state index contributed by atoms with van der Waals surface area (Å²) in [4.78, 5) is 0. The maximum atomic E-state index is 5.41. The van der Waals surface area contributed by atoms with Gasteiger partial charge in [0.25, 0.3) is 0 Å². The van der Waals surface area contributed by atoms with E-state index < -0.39 is 0 Å². The van der Waals surface area contributed by atoms with Crippen molar-refractivity contribution in [1.29, 1.82) is 0 Å². The Morgan fingerprint density at radius 2 is 2.05 bits per heavy atom. The van der Waals surface area contributed by atoms with Crippen molar-refractivity contribution in [2.24, 2.45) is 0 Å². The minimum Gasteiger partial charge on any atom is -0.494 e. The molecule has 3 aromatic rings. The number of fused-ring (bicyclic) bond motifs is 1. The minimum atomic E-state index is 0.287. The molecule has 2 aromatic heterocycles. The van der Waals surface area contributed by atoms with Gasteiger partial charge < -0.3 is 4.74 Å². The molecule has 108 valence electrons. The highest BCUT2D eigenvalue weighted by molar-refractivity contribution is 7.71. The number of rotatable bonds is 3. The third-order valence-electron chi connectivity index (χ3n) is 3.40. The van der Waals surface area contributed by atoms with Crippen LogP contribution in [0.2, 0.25) is 0 Å². The van der Waals surface area contributed by atoms with Gasteiger partial charge in [-0.15, -0.1) is 0 Å². The molecule has 3 rings (SSSR count). The van der Waals surface area contributed by atoms with E-state index in [0.29, 0.717) is 4.64 Å². The third-order valence-corrected chi connectivity index (χ3v) is 3.68. The molecule has 0 radical (unpaired) electrons. The predicted octanol–water partition coefficient (Wildman–Crippen LogP) is 3.61. The van der Waals surface area contributed by atoms with Gasteiger partial charge in [0.05, 0.1) is 19.0 Å². The summed E-state index contributed by atoms with van der Waals surface area (Å²) in [5, 5.41) is 12.7. The molecule has 0 spiro atoms. The number of nitrogens with zero attached hydrogens (tertiary/aromatic N) is 3. The van der Waals surface area contributed by atoms with E-state index in [9.17, 15) is 0 Å². The Morgan fingerprint density at radius 1 is 1.29 bits per heavy atom. The SMILES string of the molecule is COc1ccccc1-n1ncc2c(C(C)C)n[nH]c(=S)c21. The predicted molar refractivity (Wildman–Crippen MR) is 84.7 cm³/mol. The number of aromatic amines is 1. The van der Waals surface area contributed by atoms with Crippen LogP contribution < -0.4 is 4.74 Å². The first kappa shape index (κ1) is 13.8. The van der Waals surface area contributed by atoms with Crippen molar-refractivity contribution in [1.82, 2.24) is 20.0 Å². The van der Waals surface area contributed by atoms with Gasteiger partial charge in [0, 0.05) is 5.39 Å². The molecule has 1 aromatic carbocycles. The summed E-state index contributed by atoms with van der Waals surface area (Å²) in [5.41, 5.74) is 2.67. The van der Waals surface area contributed by atoms with E-state index in [4.69, 9.17) is 17.0 Å². The molecule has 0 unspecified atom stereocenters. The zero-order valence-electron chi connectivity index (χ0n) is 12.1. The van der Waals surface area contributed by atoms with E-state index in [1.807, 2.05) is 30.5 Å². The largest absolute Gasteiger partial charge is 0.494 e. The van der Waals surface area contributed by atoms with Crippen LogP contribution in [0.15, 0.2) is 30.5 Å². The van der Waals surface area contributed by atoms with E-state index in [1.54, 1.807) is 11.8 Å². The molecule has 0 saturated heterocycles. The van der Waals surface area contributed by atoms with Crippen LogP contribution in [0.5, 0.6) is 5.75 Å².